The summed E-state index contributed by atoms with van der Waals surface area (Å²) in [4.78, 5) is 28.4. The fraction of sp³-hybridized carbons (Fsp3) is 0.417. The van der Waals surface area contributed by atoms with Gasteiger partial charge in [-0.15, -0.1) is 0 Å². The first-order valence-electron chi connectivity index (χ1n) is 10.7. The summed E-state index contributed by atoms with van der Waals surface area (Å²) >= 11 is 0. The number of aromatic nitrogens is 1. The number of halogens is 3. The molecular formula is C24H24F3N3O4. The number of carbonyl (C=O) groups is 2. The molecule has 1 aliphatic rings. The molecule has 1 aliphatic heterocycles. The Bertz CT molecular complexity index is 1100. The van der Waals surface area contributed by atoms with E-state index in [1.165, 1.54) is 11.8 Å². The molecule has 1 aromatic carbocycles. The number of carbonyl (C=O) groups excluding carboxylic acids is 2. The van der Waals surface area contributed by atoms with Gasteiger partial charge in [0.2, 0.25) is 0 Å². The number of nitrogens with zero attached hydrogens (tertiary/aromatic N) is 3. The van der Waals surface area contributed by atoms with Gasteiger partial charge in [0, 0.05) is 6.42 Å². The maximum absolute atomic E-state index is 13.6. The van der Waals surface area contributed by atoms with Crippen molar-refractivity contribution in [2.75, 3.05) is 24.6 Å². The number of ketones is 1. The first kappa shape index (κ1) is 25.0. The van der Waals surface area contributed by atoms with E-state index in [-0.39, 0.29) is 48.9 Å². The highest BCUT2D eigenvalue weighted by Crippen LogP contribution is 2.35. The average Bonchev–Trinajstić information content (AvgIpc) is 2.74. The zero-order valence-corrected chi connectivity index (χ0v) is 19.0. The summed E-state index contributed by atoms with van der Waals surface area (Å²) in [6, 6.07) is 9.99. The van der Waals surface area contributed by atoms with E-state index in [1.807, 2.05) is 25.1 Å². The lowest BCUT2D eigenvalue weighted by molar-refractivity contribution is -0.141. The van der Waals surface area contributed by atoms with Gasteiger partial charge < -0.3 is 19.2 Å². The number of ether oxygens (including phenoxy) is 2. The minimum Gasteiger partial charge on any atom is -0.487 e. The second-order valence-electron chi connectivity index (χ2n) is 8.11. The van der Waals surface area contributed by atoms with E-state index in [2.05, 4.69) is 4.98 Å². The van der Waals surface area contributed by atoms with E-state index in [1.54, 1.807) is 19.1 Å². The summed E-state index contributed by atoms with van der Waals surface area (Å²) in [5.41, 5.74) is -1.33. The molecule has 3 rings (SSSR count). The number of esters is 1. The second kappa shape index (κ2) is 10.1. The standard InChI is InChI=1S/C24H24F3N3O4/c1-4-33-23(32)20-10-17(11-28)22(29-21(20)24(25,26)27)30-12-19(13-30)34-18-7-5-16(6-8-18)14(2)9-15(3)31/h5-8,10,14,19H,4,9,12-13H2,1-3H3/t14-/m1/s1. The first-order chi connectivity index (χ1) is 16.0. The van der Waals surface area contributed by atoms with Crippen LogP contribution in [0.5, 0.6) is 5.75 Å². The molecule has 180 valence electrons. The van der Waals surface area contributed by atoms with Gasteiger partial charge in [0.15, 0.2) is 5.69 Å². The van der Waals surface area contributed by atoms with Crippen LogP contribution in [0.1, 0.15) is 60.3 Å². The van der Waals surface area contributed by atoms with Crippen molar-refractivity contribution in [2.24, 2.45) is 0 Å². The van der Waals surface area contributed by atoms with Gasteiger partial charge in [-0.05, 0) is 43.5 Å². The quantitative estimate of drug-likeness (QED) is 0.519. The number of anilines is 1. The van der Waals surface area contributed by atoms with Crippen LogP contribution >= 0.6 is 0 Å². The van der Waals surface area contributed by atoms with Crippen LogP contribution in [-0.2, 0) is 15.7 Å². The molecule has 0 aliphatic carbocycles. The van der Waals surface area contributed by atoms with Gasteiger partial charge in [-0.2, -0.15) is 18.4 Å². The summed E-state index contributed by atoms with van der Waals surface area (Å²) in [5.74, 6) is -0.559. The van der Waals surface area contributed by atoms with Crippen LogP contribution in [0.3, 0.4) is 0 Å². The van der Waals surface area contributed by atoms with Crippen molar-refractivity contribution < 1.29 is 32.2 Å². The zero-order chi connectivity index (χ0) is 25.0. The number of nitriles is 1. The lowest BCUT2D eigenvalue weighted by Crippen LogP contribution is -2.54. The van der Waals surface area contributed by atoms with Crippen molar-refractivity contribution in [2.45, 2.75) is 45.4 Å². The predicted molar refractivity (Wildman–Crippen MR) is 117 cm³/mol. The summed E-state index contributed by atoms with van der Waals surface area (Å²) in [7, 11) is 0. The van der Waals surface area contributed by atoms with Gasteiger partial charge in [0.25, 0.3) is 0 Å². The predicted octanol–water partition coefficient (Wildman–Crippen LogP) is 4.50. The van der Waals surface area contributed by atoms with E-state index >= 15 is 0 Å². The minimum atomic E-state index is -4.90. The molecule has 2 aromatic rings. The third-order valence-corrected chi connectivity index (χ3v) is 5.38. The summed E-state index contributed by atoms with van der Waals surface area (Å²) < 4.78 is 51.2. The van der Waals surface area contributed by atoms with Crippen LogP contribution in [0.4, 0.5) is 19.0 Å². The Morgan fingerprint density at radius 3 is 2.44 bits per heavy atom. The van der Waals surface area contributed by atoms with E-state index in [0.717, 1.165) is 11.6 Å². The molecule has 0 radical (unpaired) electrons. The van der Waals surface area contributed by atoms with Crippen molar-refractivity contribution in [3.63, 3.8) is 0 Å². The smallest absolute Gasteiger partial charge is 0.434 e. The molecule has 1 aromatic heterocycles. The van der Waals surface area contributed by atoms with E-state index < -0.39 is 23.4 Å². The number of alkyl halides is 3. The zero-order valence-electron chi connectivity index (χ0n) is 19.0. The van der Waals surface area contributed by atoms with Crippen LogP contribution in [-0.4, -0.2) is 42.5 Å². The SMILES string of the molecule is CCOC(=O)c1cc(C#N)c(N2CC(Oc3ccc([C@H](C)CC(C)=O)cc3)C2)nc1C(F)(F)F. The van der Waals surface area contributed by atoms with E-state index in [9.17, 15) is 28.0 Å². The first-order valence-corrected chi connectivity index (χ1v) is 10.7. The summed E-state index contributed by atoms with van der Waals surface area (Å²) in [6.07, 6.45) is -4.76. The fourth-order valence-electron chi connectivity index (χ4n) is 3.71. The molecule has 0 unspecified atom stereocenters. The molecule has 0 bridgehead atoms. The molecule has 1 saturated heterocycles. The number of benzene rings is 1. The maximum Gasteiger partial charge on any atom is 0.434 e. The summed E-state index contributed by atoms with van der Waals surface area (Å²) in [6.45, 7) is 5.31. The molecule has 2 heterocycles. The van der Waals surface area contributed by atoms with Crippen LogP contribution in [0, 0.1) is 11.3 Å². The van der Waals surface area contributed by atoms with Crippen LogP contribution in [0.15, 0.2) is 30.3 Å². The minimum absolute atomic E-state index is 0.0848. The number of hydrogen-bond acceptors (Lipinski definition) is 7. The van der Waals surface area contributed by atoms with Crippen LogP contribution in [0.2, 0.25) is 0 Å². The molecule has 1 fully saturated rings. The topological polar surface area (TPSA) is 92.5 Å². The maximum atomic E-state index is 13.6. The lowest BCUT2D eigenvalue weighted by atomic mass is 9.96. The Morgan fingerprint density at radius 1 is 1.26 bits per heavy atom. The van der Waals surface area contributed by atoms with Gasteiger partial charge in [0.05, 0.1) is 30.8 Å². The van der Waals surface area contributed by atoms with Gasteiger partial charge in [0.1, 0.15) is 29.5 Å². The monoisotopic (exact) mass is 475 g/mol. The Balaban J connectivity index is 1.73. The largest absolute Gasteiger partial charge is 0.487 e. The van der Waals surface area contributed by atoms with Gasteiger partial charge in [-0.3, -0.25) is 0 Å². The highest BCUT2D eigenvalue weighted by Gasteiger charge is 2.41. The third-order valence-electron chi connectivity index (χ3n) is 5.38. The average molecular weight is 475 g/mol. The molecule has 0 saturated carbocycles. The third kappa shape index (κ3) is 5.65. The molecule has 1 atom stereocenters. The van der Waals surface area contributed by atoms with Crippen molar-refractivity contribution in [1.29, 1.82) is 5.26 Å². The second-order valence-corrected chi connectivity index (χ2v) is 8.11. The van der Waals surface area contributed by atoms with E-state index in [0.29, 0.717) is 12.2 Å². The number of hydrogen-bond donors (Lipinski definition) is 0. The Hall–Kier alpha value is -3.61. The highest BCUT2D eigenvalue weighted by molar-refractivity contribution is 5.92. The summed E-state index contributed by atoms with van der Waals surface area (Å²) in [5, 5.41) is 9.44. The molecule has 10 heteroatoms. The molecule has 34 heavy (non-hydrogen) atoms. The number of rotatable bonds is 8. The molecule has 0 spiro atoms. The van der Waals surface area contributed by atoms with E-state index in [4.69, 9.17) is 9.47 Å². The Kier molecular flexibility index (Phi) is 7.44. The van der Waals surface area contributed by atoms with Crippen molar-refractivity contribution in [1.82, 2.24) is 4.98 Å². The van der Waals surface area contributed by atoms with Gasteiger partial charge in [-0.25, -0.2) is 9.78 Å². The Labute approximate surface area is 195 Å². The highest BCUT2D eigenvalue weighted by atomic mass is 19.4. The molecule has 0 N–H and O–H groups in total. The normalized spacial score (nSPS) is 14.7. The van der Waals surface area contributed by atoms with Crippen LogP contribution < -0.4 is 9.64 Å². The fourth-order valence-corrected chi connectivity index (χ4v) is 3.71. The number of Topliss-reactive ketones (excluding diaryl/α,β-unsaturated/α-hetero) is 1. The van der Waals surface area contributed by atoms with Gasteiger partial charge in [-0.1, -0.05) is 19.1 Å². The van der Waals surface area contributed by atoms with Crippen LogP contribution in [0.25, 0.3) is 0 Å². The van der Waals surface area contributed by atoms with Crippen molar-refractivity contribution in [3.8, 4) is 11.8 Å². The number of pyridine rings is 1. The van der Waals surface area contributed by atoms with Crippen molar-refractivity contribution in [3.05, 3.63) is 52.7 Å². The molecule has 0 amide bonds. The Morgan fingerprint density at radius 2 is 1.91 bits per heavy atom. The molecular weight excluding hydrogens is 451 g/mol. The van der Waals surface area contributed by atoms with Crippen molar-refractivity contribution >= 4 is 17.6 Å². The lowest BCUT2D eigenvalue weighted by Gasteiger charge is -2.40. The molecule has 7 nitrogen and oxygen atoms in total. The van der Waals surface area contributed by atoms with Gasteiger partial charge >= 0.3 is 12.1 Å².